The van der Waals surface area contributed by atoms with Crippen LogP contribution in [-0.2, 0) is 11.2 Å². The van der Waals surface area contributed by atoms with Crippen LogP contribution in [0.25, 0.3) is 0 Å². The molecule has 1 amide bonds. The first kappa shape index (κ1) is 19.3. The molecule has 0 heterocycles. The lowest BCUT2D eigenvalue weighted by molar-refractivity contribution is -0.130. The first-order chi connectivity index (χ1) is 10.2. The fraction of sp³-hybridized carbons (Fsp3) is 0.588. The van der Waals surface area contributed by atoms with E-state index in [0.29, 0.717) is 6.54 Å². The maximum atomic E-state index is 12.6. The molecule has 0 bridgehead atoms. The molecule has 1 saturated carbocycles. The van der Waals surface area contributed by atoms with E-state index in [1.807, 2.05) is 18.2 Å². The number of hydrogen-bond acceptors (Lipinski definition) is 2. The van der Waals surface area contributed by atoms with Crippen molar-refractivity contribution in [3.8, 4) is 0 Å². The first-order valence-electron chi connectivity index (χ1n) is 7.90. The molecule has 5 heteroatoms. The summed E-state index contributed by atoms with van der Waals surface area (Å²) in [6.07, 6.45) is 5.03. The Hall–Kier alpha value is -0.770. The Morgan fingerprint density at radius 3 is 2.64 bits per heavy atom. The van der Waals surface area contributed by atoms with Crippen LogP contribution in [0.3, 0.4) is 0 Å². The van der Waals surface area contributed by atoms with Gasteiger partial charge < -0.3 is 10.6 Å². The van der Waals surface area contributed by atoms with E-state index in [4.69, 9.17) is 11.6 Å². The second-order valence-corrected chi connectivity index (χ2v) is 6.34. The van der Waals surface area contributed by atoms with Gasteiger partial charge in [-0.2, -0.15) is 0 Å². The normalized spacial score (nSPS) is 16.1. The van der Waals surface area contributed by atoms with E-state index in [1.54, 1.807) is 0 Å². The number of rotatable bonds is 7. The zero-order valence-corrected chi connectivity index (χ0v) is 14.7. The van der Waals surface area contributed by atoms with Crippen molar-refractivity contribution in [1.82, 2.24) is 10.6 Å². The molecule has 0 saturated heterocycles. The zero-order chi connectivity index (χ0) is 15.1. The summed E-state index contributed by atoms with van der Waals surface area (Å²) in [6, 6.07) is 7.89. The summed E-state index contributed by atoms with van der Waals surface area (Å²) in [5, 5.41) is 7.08. The molecule has 2 N–H and O–H groups in total. The van der Waals surface area contributed by atoms with E-state index in [1.165, 1.54) is 0 Å². The van der Waals surface area contributed by atoms with Crippen molar-refractivity contribution in [3.05, 3.63) is 34.9 Å². The lowest BCUT2D eigenvalue weighted by Crippen LogP contribution is -2.43. The summed E-state index contributed by atoms with van der Waals surface area (Å²) in [5.41, 5.74) is 0.919. The van der Waals surface area contributed by atoms with Gasteiger partial charge in [-0.25, -0.2) is 0 Å². The summed E-state index contributed by atoms with van der Waals surface area (Å²) >= 11 is 6.06. The highest BCUT2D eigenvalue weighted by atomic mass is 35.5. The fourth-order valence-corrected chi connectivity index (χ4v) is 3.42. The van der Waals surface area contributed by atoms with Crippen LogP contribution in [0, 0.1) is 5.41 Å². The van der Waals surface area contributed by atoms with Gasteiger partial charge in [0.2, 0.25) is 5.91 Å². The molecular formula is C17H26Cl2N2O. The number of likely N-dealkylation sites (N-methyl/N-ethyl adjacent to an activating group) is 1. The average Bonchev–Trinajstić information content (AvgIpc) is 2.93. The van der Waals surface area contributed by atoms with E-state index in [-0.39, 0.29) is 23.7 Å². The molecule has 1 aromatic carbocycles. The van der Waals surface area contributed by atoms with Gasteiger partial charge in [0.25, 0.3) is 0 Å². The van der Waals surface area contributed by atoms with Crippen LogP contribution < -0.4 is 10.6 Å². The number of halogens is 2. The van der Waals surface area contributed by atoms with Gasteiger partial charge in [-0.1, -0.05) is 43.5 Å². The minimum atomic E-state index is -0.239. The molecule has 22 heavy (non-hydrogen) atoms. The smallest absolute Gasteiger partial charge is 0.226 e. The molecule has 0 unspecified atom stereocenters. The van der Waals surface area contributed by atoms with Crippen LogP contribution in [0.15, 0.2) is 24.3 Å². The van der Waals surface area contributed by atoms with Crippen LogP contribution in [0.4, 0.5) is 0 Å². The minimum absolute atomic E-state index is 0. The summed E-state index contributed by atoms with van der Waals surface area (Å²) in [4.78, 5) is 12.6. The molecule has 0 atom stereocenters. The van der Waals surface area contributed by atoms with Crippen molar-refractivity contribution in [2.24, 2.45) is 5.41 Å². The Balaban J connectivity index is 0.00000242. The quantitative estimate of drug-likeness (QED) is 0.742. The third-order valence-corrected chi connectivity index (χ3v) is 4.55. The van der Waals surface area contributed by atoms with Crippen molar-refractivity contribution in [3.63, 3.8) is 0 Å². The Labute approximate surface area is 144 Å². The zero-order valence-electron chi connectivity index (χ0n) is 13.2. The SMILES string of the molecule is CCNCCNC(=O)C1(Cc2cccc(Cl)c2)CCCC1.Cl. The fourth-order valence-electron chi connectivity index (χ4n) is 3.20. The van der Waals surface area contributed by atoms with Gasteiger partial charge in [0, 0.05) is 18.1 Å². The third kappa shape index (κ3) is 5.15. The second-order valence-electron chi connectivity index (χ2n) is 5.90. The van der Waals surface area contributed by atoms with Gasteiger partial charge in [0.1, 0.15) is 0 Å². The molecule has 1 aromatic rings. The molecule has 1 aliphatic carbocycles. The highest BCUT2D eigenvalue weighted by molar-refractivity contribution is 6.30. The number of carbonyl (C=O) groups excluding carboxylic acids is 1. The molecule has 124 valence electrons. The lowest BCUT2D eigenvalue weighted by atomic mass is 9.79. The minimum Gasteiger partial charge on any atom is -0.354 e. The summed E-state index contributed by atoms with van der Waals surface area (Å²) in [6.45, 7) is 4.53. The highest BCUT2D eigenvalue weighted by Crippen LogP contribution is 2.41. The topological polar surface area (TPSA) is 41.1 Å². The van der Waals surface area contributed by atoms with Crippen LogP contribution in [0.5, 0.6) is 0 Å². The summed E-state index contributed by atoms with van der Waals surface area (Å²) < 4.78 is 0. The van der Waals surface area contributed by atoms with Gasteiger partial charge in [-0.05, 0) is 43.5 Å². The molecule has 1 fully saturated rings. The number of nitrogens with one attached hydrogen (secondary N) is 2. The van der Waals surface area contributed by atoms with Gasteiger partial charge in [-0.15, -0.1) is 12.4 Å². The van der Waals surface area contributed by atoms with E-state index >= 15 is 0 Å². The third-order valence-electron chi connectivity index (χ3n) is 4.31. The average molecular weight is 345 g/mol. The van der Waals surface area contributed by atoms with Gasteiger partial charge in [0.05, 0.1) is 5.41 Å². The monoisotopic (exact) mass is 344 g/mol. The lowest BCUT2D eigenvalue weighted by Gasteiger charge is -2.28. The Morgan fingerprint density at radius 1 is 1.27 bits per heavy atom. The molecule has 0 aromatic heterocycles. The first-order valence-corrected chi connectivity index (χ1v) is 8.27. The van der Waals surface area contributed by atoms with Gasteiger partial charge in [0.15, 0.2) is 0 Å². The van der Waals surface area contributed by atoms with Crippen molar-refractivity contribution >= 4 is 29.9 Å². The van der Waals surface area contributed by atoms with Crippen LogP contribution in [0.2, 0.25) is 5.02 Å². The van der Waals surface area contributed by atoms with Crippen molar-refractivity contribution in [2.75, 3.05) is 19.6 Å². The predicted octanol–water partition coefficient (Wildman–Crippen LogP) is 3.59. The van der Waals surface area contributed by atoms with E-state index < -0.39 is 0 Å². The largest absolute Gasteiger partial charge is 0.354 e. The van der Waals surface area contributed by atoms with Crippen molar-refractivity contribution in [2.45, 2.75) is 39.0 Å². The summed E-state index contributed by atoms with van der Waals surface area (Å²) in [7, 11) is 0. The number of amides is 1. The molecular weight excluding hydrogens is 319 g/mol. The Bertz CT molecular complexity index is 473. The molecule has 2 rings (SSSR count). The highest BCUT2D eigenvalue weighted by Gasteiger charge is 2.40. The van der Waals surface area contributed by atoms with Crippen LogP contribution >= 0.6 is 24.0 Å². The van der Waals surface area contributed by atoms with Crippen molar-refractivity contribution < 1.29 is 4.79 Å². The van der Waals surface area contributed by atoms with Crippen LogP contribution in [0.1, 0.15) is 38.2 Å². The number of benzene rings is 1. The maximum absolute atomic E-state index is 12.6. The Kier molecular flexibility index (Phi) is 8.23. The van der Waals surface area contributed by atoms with Gasteiger partial charge >= 0.3 is 0 Å². The molecule has 0 spiro atoms. The van der Waals surface area contributed by atoms with Gasteiger partial charge in [-0.3, -0.25) is 4.79 Å². The number of carbonyl (C=O) groups is 1. The number of hydrogen-bond donors (Lipinski definition) is 2. The molecule has 1 aliphatic rings. The van der Waals surface area contributed by atoms with Crippen LogP contribution in [-0.4, -0.2) is 25.5 Å². The molecule has 0 aliphatic heterocycles. The van der Waals surface area contributed by atoms with Crippen molar-refractivity contribution in [1.29, 1.82) is 0 Å². The maximum Gasteiger partial charge on any atom is 0.226 e. The molecule has 3 nitrogen and oxygen atoms in total. The van der Waals surface area contributed by atoms with E-state index in [9.17, 15) is 4.79 Å². The Morgan fingerprint density at radius 2 is 2.00 bits per heavy atom. The predicted molar refractivity (Wildman–Crippen MR) is 94.9 cm³/mol. The summed E-state index contributed by atoms with van der Waals surface area (Å²) in [5.74, 6) is 0.206. The van der Waals surface area contributed by atoms with E-state index in [0.717, 1.165) is 55.8 Å². The standard InChI is InChI=1S/C17H25ClN2O.ClH/c1-2-19-10-11-20-16(21)17(8-3-4-9-17)13-14-6-5-7-15(18)12-14;/h5-7,12,19H,2-4,8-11,13H2,1H3,(H,20,21);1H. The second kappa shape index (κ2) is 9.39. The molecule has 0 radical (unpaired) electrons. The van der Waals surface area contributed by atoms with E-state index in [2.05, 4.69) is 23.6 Å².